The second kappa shape index (κ2) is 5.15. The molecule has 0 saturated carbocycles. The fraction of sp³-hybridized carbons (Fsp3) is 0.154. The SMILES string of the molecule is ClCc1nc2ccc(Cl)cc2n1Cc1cccnn1. The van der Waals surface area contributed by atoms with Gasteiger partial charge in [-0.25, -0.2) is 4.98 Å². The van der Waals surface area contributed by atoms with Gasteiger partial charge >= 0.3 is 0 Å². The standard InChI is InChI=1S/C13H10Cl2N4/c14-7-13-17-11-4-3-9(15)6-12(11)19(13)8-10-2-1-5-16-18-10/h1-6H,7-8H2. The Kier molecular flexibility index (Phi) is 3.36. The van der Waals surface area contributed by atoms with Crippen LogP contribution in [0.2, 0.25) is 5.02 Å². The number of benzene rings is 1. The molecule has 0 N–H and O–H groups in total. The highest BCUT2D eigenvalue weighted by atomic mass is 35.5. The molecule has 4 nitrogen and oxygen atoms in total. The van der Waals surface area contributed by atoms with E-state index >= 15 is 0 Å². The first-order valence-corrected chi connectivity index (χ1v) is 6.66. The molecule has 3 aromatic rings. The largest absolute Gasteiger partial charge is 0.321 e. The van der Waals surface area contributed by atoms with Crippen molar-refractivity contribution in [1.29, 1.82) is 0 Å². The quantitative estimate of drug-likeness (QED) is 0.696. The van der Waals surface area contributed by atoms with E-state index in [4.69, 9.17) is 23.2 Å². The molecular weight excluding hydrogens is 283 g/mol. The van der Waals surface area contributed by atoms with E-state index in [0.29, 0.717) is 17.4 Å². The van der Waals surface area contributed by atoms with Crippen molar-refractivity contribution < 1.29 is 0 Å². The number of aromatic nitrogens is 4. The smallest absolute Gasteiger partial charge is 0.125 e. The second-order valence-corrected chi connectivity index (χ2v) is 4.80. The van der Waals surface area contributed by atoms with Crippen LogP contribution in [0.5, 0.6) is 0 Å². The summed E-state index contributed by atoms with van der Waals surface area (Å²) in [6.07, 6.45) is 1.65. The molecule has 1 aromatic carbocycles. The molecule has 0 amide bonds. The van der Waals surface area contributed by atoms with Crippen molar-refractivity contribution in [2.24, 2.45) is 0 Å². The fourth-order valence-electron chi connectivity index (χ4n) is 2.00. The van der Waals surface area contributed by atoms with E-state index in [1.807, 2.05) is 34.9 Å². The predicted molar refractivity (Wildman–Crippen MR) is 75.4 cm³/mol. The van der Waals surface area contributed by atoms with E-state index in [1.165, 1.54) is 0 Å². The summed E-state index contributed by atoms with van der Waals surface area (Å²) in [5, 5.41) is 8.63. The minimum Gasteiger partial charge on any atom is -0.321 e. The van der Waals surface area contributed by atoms with Gasteiger partial charge in [-0.3, -0.25) is 0 Å². The van der Waals surface area contributed by atoms with Crippen LogP contribution in [0.25, 0.3) is 11.0 Å². The molecule has 0 unspecified atom stereocenters. The van der Waals surface area contributed by atoms with Gasteiger partial charge in [0.2, 0.25) is 0 Å². The van der Waals surface area contributed by atoms with Crippen LogP contribution in [-0.4, -0.2) is 19.7 Å². The summed E-state index contributed by atoms with van der Waals surface area (Å²) < 4.78 is 2.01. The van der Waals surface area contributed by atoms with Gasteiger partial charge in [0.25, 0.3) is 0 Å². The van der Waals surface area contributed by atoms with Crippen LogP contribution in [0, 0.1) is 0 Å². The van der Waals surface area contributed by atoms with Crippen molar-refractivity contribution in [1.82, 2.24) is 19.7 Å². The Labute approximate surface area is 120 Å². The molecule has 96 valence electrons. The molecule has 0 fully saturated rings. The molecule has 6 heteroatoms. The summed E-state index contributed by atoms with van der Waals surface area (Å²) in [4.78, 5) is 4.49. The van der Waals surface area contributed by atoms with E-state index < -0.39 is 0 Å². The van der Waals surface area contributed by atoms with E-state index in [9.17, 15) is 0 Å². The summed E-state index contributed by atoms with van der Waals surface area (Å²) in [5.74, 6) is 1.14. The third-order valence-electron chi connectivity index (χ3n) is 2.86. The number of halogens is 2. The van der Waals surface area contributed by atoms with Gasteiger partial charge in [-0.1, -0.05) is 11.6 Å². The van der Waals surface area contributed by atoms with Crippen molar-refractivity contribution >= 4 is 34.2 Å². The summed E-state index contributed by atoms with van der Waals surface area (Å²) >= 11 is 12.0. The Hall–Kier alpha value is -1.65. The minimum absolute atomic E-state index is 0.340. The number of hydrogen-bond donors (Lipinski definition) is 0. The van der Waals surface area contributed by atoms with Crippen molar-refractivity contribution in [3.8, 4) is 0 Å². The highest BCUT2D eigenvalue weighted by Gasteiger charge is 2.11. The average Bonchev–Trinajstić information content (AvgIpc) is 2.78. The molecule has 2 heterocycles. The van der Waals surface area contributed by atoms with Crippen LogP contribution < -0.4 is 0 Å². The van der Waals surface area contributed by atoms with E-state index in [0.717, 1.165) is 22.6 Å². The van der Waals surface area contributed by atoms with Crippen molar-refractivity contribution in [3.63, 3.8) is 0 Å². The van der Waals surface area contributed by atoms with Gasteiger partial charge in [0, 0.05) is 11.2 Å². The minimum atomic E-state index is 0.340. The van der Waals surface area contributed by atoms with E-state index in [-0.39, 0.29) is 0 Å². The number of nitrogens with zero attached hydrogens (tertiary/aromatic N) is 4. The highest BCUT2D eigenvalue weighted by Crippen LogP contribution is 2.22. The molecule has 0 spiro atoms. The fourth-order valence-corrected chi connectivity index (χ4v) is 2.37. The first-order chi connectivity index (χ1) is 9.28. The maximum absolute atomic E-state index is 6.04. The molecule has 0 aliphatic rings. The van der Waals surface area contributed by atoms with Crippen LogP contribution in [0.15, 0.2) is 36.5 Å². The molecule has 0 saturated heterocycles. The Morgan fingerprint density at radius 1 is 1.21 bits per heavy atom. The Bertz CT molecular complexity index is 709. The summed E-state index contributed by atoms with van der Waals surface area (Å²) in [6, 6.07) is 9.37. The lowest BCUT2D eigenvalue weighted by molar-refractivity contribution is 0.741. The van der Waals surface area contributed by atoms with Gasteiger partial charge in [-0.2, -0.15) is 10.2 Å². The zero-order chi connectivity index (χ0) is 13.2. The zero-order valence-corrected chi connectivity index (χ0v) is 11.4. The monoisotopic (exact) mass is 292 g/mol. The summed E-state index contributed by atoms with van der Waals surface area (Å²) in [5.41, 5.74) is 2.69. The highest BCUT2D eigenvalue weighted by molar-refractivity contribution is 6.31. The molecule has 0 bridgehead atoms. The van der Waals surface area contributed by atoms with Crippen molar-refractivity contribution in [2.45, 2.75) is 12.4 Å². The van der Waals surface area contributed by atoms with Gasteiger partial charge in [-0.05, 0) is 30.3 Å². The maximum Gasteiger partial charge on any atom is 0.125 e. The Balaban J connectivity index is 2.12. The average molecular weight is 293 g/mol. The first kappa shape index (κ1) is 12.4. The van der Waals surface area contributed by atoms with Gasteiger partial charge < -0.3 is 4.57 Å². The number of hydrogen-bond acceptors (Lipinski definition) is 3. The Morgan fingerprint density at radius 2 is 2.11 bits per heavy atom. The molecule has 3 rings (SSSR count). The lowest BCUT2D eigenvalue weighted by atomic mass is 10.3. The van der Waals surface area contributed by atoms with Crippen LogP contribution in [0.1, 0.15) is 11.5 Å². The molecule has 0 atom stereocenters. The zero-order valence-electron chi connectivity index (χ0n) is 9.92. The number of alkyl halides is 1. The van der Waals surface area contributed by atoms with Crippen LogP contribution >= 0.6 is 23.2 Å². The van der Waals surface area contributed by atoms with E-state index in [2.05, 4.69) is 15.2 Å². The lowest BCUT2D eigenvalue weighted by Crippen LogP contribution is -2.05. The number of rotatable bonds is 3. The number of fused-ring (bicyclic) bond motifs is 1. The summed E-state index contributed by atoms with van der Waals surface area (Å²) in [6.45, 7) is 0.576. The predicted octanol–water partition coefficient (Wildman–Crippen LogP) is 3.27. The molecule has 2 aromatic heterocycles. The van der Waals surface area contributed by atoms with Crippen molar-refractivity contribution in [2.75, 3.05) is 0 Å². The molecule has 0 radical (unpaired) electrons. The third kappa shape index (κ3) is 2.41. The van der Waals surface area contributed by atoms with Gasteiger partial charge in [-0.15, -0.1) is 11.6 Å². The van der Waals surface area contributed by atoms with Crippen LogP contribution in [0.4, 0.5) is 0 Å². The normalized spacial score (nSPS) is 11.1. The van der Waals surface area contributed by atoms with Crippen LogP contribution in [-0.2, 0) is 12.4 Å². The van der Waals surface area contributed by atoms with Crippen molar-refractivity contribution in [3.05, 3.63) is 53.1 Å². The molecule has 0 aliphatic carbocycles. The molecule has 0 aliphatic heterocycles. The molecule has 19 heavy (non-hydrogen) atoms. The topological polar surface area (TPSA) is 43.6 Å². The lowest BCUT2D eigenvalue weighted by Gasteiger charge is -2.06. The second-order valence-electron chi connectivity index (χ2n) is 4.10. The Morgan fingerprint density at radius 3 is 2.84 bits per heavy atom. The summed E-state index contributed by atoms with van der Waals surface area (Å²) in [7, 11) is 0. The van der Waals surface area contributed by atoms with Gasteiger partial charge in [0.15, 0.2) is 0 Å². The first-order valence-electron chi connectivity index (χ1n) is 5.75. The third-order valence-corrected chi connectivity index (χ3v) is 3.33. The molecular formula is C13H10Cl2N4. The van der Waals surface area contributed by atoms with Gasteiger partial charge in [0.05, 0.1) is 29.2 Å². The number of imidazole rings is 1. The van der Waals surface area contributed by atoms with Crippen LogP contribution in [0.3, 0.4) is 0 Å². The van der Waals surface area contributed by atoms with E-state index in [1.54, 1.807) is 6.20 Å². The maximum atomic E-state index is 6.04. The van der Waals surface area contributed by atoms with Gasteiger partial charge in [0.1, 0.15) is 5.82 Å².